The monoisotopic (exact) mass is 271 g/mol. The van der Waals surface area contributed by atoms with E-state index >= 15 is 0 Å². The van der Waals surface area contributed by atoms with Crippen molar-refractivity contribution >= 4 is 10.9 Å². The van der Waals surface area contributed by atoms with Gasteiger partial charge in [0.25, 0.3) is 0 Å². The average molecular weight is 271 g/mol. The van der Waals surface area contributed by atoms with Gasteiger partial charge in [0.05, 0.1) is 0 Å². The number of hydrogen-bond donors (Lipinski definition) is 1. The Morgan fingerprint density at radius 2 is 2.15 bits per heavy atom. The van der Waals surface area contributed by atoms with Gasteiger partial charge < -0.3 is 14.8 Å². The summed E-state index contributed by atoms with van der Waals surface area (Å²) >= 11 is 0. The number of likely N-dealkylation sites (N-methyl/N-ethyl adjacent to an activating group) is 1. The molecular formula is C17H25N3. The number of piperidine rings is 1. The molecule has 2 heterocycles. The third kappa shape index (κ3) is 2.74. The summed E-state index contributed by atoms with van der Waals surface area (Å²) in [5.41, 5.74) is 2.74. The number of para-hydroxylation sites is 1. The lowest BCUT2D eigenvalue weighted by molar-refractivity contribution is 0.198. The molecule has 0 radical (unpaired) electrons. The van der Waals surface area contributed by atoms with E-state index in [-0.39, 0.29) is 0 Å². The van der Waals surface area contributed by atoms with E-state index < -0.39 is 0 Å². The lowest BCUT2D eigenvalue weighted by Gasteiger charge is -2.32. The van der Waals surface area contributed by atoms with Crippen molar-refractivity contribution < 1.29 is 0 Å². The van der Waals surface area contributed by atoms with E-state index in [4.69, 9.17) is 0 Å². The number of likely N-dealkylation sites (tertiary alicyclic amines) is 1. The van der Waals surface area contributed by atoms with Crippen molar-refractivity contribution in [3.8, 4) is 0 Å². The summed E-state index contributed by atoms with van der Waals surface area (Å²) in [4.78, 5) is 2.55. The summed E-state index contributed by atoms with van der Waals surface area (Å²) in [6.07, 6.45) is 4.89. The topological polar surface area (TPSA) is 20.2 Å². The van der Waals surface area contributed by atoms with Crippen LogP contribution in [-0.4, -0.2) is 35.1 Å². The van der Waals surface area contributed by atoms with Gasteiger partial charge in [-0.1, -0.05) is 25.1 Å². The van der Waals surface area contributed by atoms with Crippen LogP contribution in [0.1, 0.15) is 25.3 Å². The van der Waals surface area contributed by atoms with Gasteiger partial charge in [-0.05, 0) is 37.6 Å². The Kier molecular flexibility index (Phi) is 4.08. The minimum atomic E-state index is 0.641. The van der Waals surface area contributed by atoms with Crippen LogP contribution < -0.4 is 5.32 Å². The molecule has 1 atom stereocenters. The molecule has 108 valence electrons. The smallest absolute Gasteiger partial charge is 0.0481 e. The maximum Gasteiger partial charge on any atom is 0.0481 e. The van der Waals surface area contributed by atoms with Gasteiger partial charge in [0.1, 0.15) is 0 Å². The van der Waals surface area contributed by atoms with Crippen LogP contribution in [0, 0.1) is 0 Å². The van der Waals surface area contributed by atoms with Gasteiger partial charge in [-0.15, -0.1) is 0 Å². The van der Waals surface area contributed by atoms with Crippen molar-refractivity contribution in [3.63, 3.8) is 0 Å². The van der Waals surface area contributed by atoms with E-state index in [9.17, 15) is 0 Å². The van der Waals surface area contributed by atoms with Gasteiger partial charge in [0, 0.05) is 43.3 Å². The lowest BCUT2D eigenvalue weighted by Crippen LogP contribution is -2.45. The third-order valence-electron chi connectivity index (χ3n) is 4.51. The number of hydrogen-bond acceptors (Lipinski definition) is 2. The molecule has 3 nitrogen and oxygen atoms in total. The van der Waals surface area contributed by atoms with Gasteiger partial charge in [-0.3, -0.25) is 0 Å². The molecular weight excluding hydrogens is 246 g/mol. The van der Waals surface area contributed by atoms with Crippen LogP contribution in [0.5, 0.6) is 0 Å². The standard InChI is InChI=1S/C17H25N3/c1-3-20-10-6-7-15(13-20)18-11-14-12-19(2)17-9-5-4-8-16(14)17/h4-5,8-9,12,15,18H,3,6-7,10-11,13H2,1-2H3. The molecule has 1 aromatic carbocycles. The second-order valence-corrected chi connectivity index (χ2v) is 5.90. The number of aromatic nitrogens is 1. The molecule has 1 N–H and O–H groups in total. The Hall–Kier alpha value is -1.32. The minimum absolute atomic E-state index is 0.641. The highest BCUT2D eigenvalue weighted by Gasteiger charge is 2.18. The molecule has 1 aromatic heterocycles. The second-order valence-electron chi connectivity index (χ2n) is 5.90. The first-order valence-electron chi connectivity index (χ1n) is 7.76. The largest absolute Gasteiger partial charge is 0.350 e. The summed E-state index contributed by atoms with van der Waals surface area (Å²) in [5, 5.41) is 5.13. The van der Waals surface area contributed by atoms with Crippen LogP contribution >= 0.6 is 0 Å². The van der Waals surface area contributed by atoms with Crippen molar-refractivity contribution in [1.82, 2.24) is 14.8 Å². The highest BCUT2D eigenvalue weighted by atomic mass is 15.2. The Labute approximate surface area is 121 Å². The number of nitrogens with zero attached hydrogens (tertiary/aromatic N) is 2. The van der Waals surface area contributed by atoms with E-state index in [1.54, 1.807) is 0 Å². The third-order valence-corrected chi connectivity index (χ3v) is 4.51. The maximum atomic E-state index is 3.75. The predicted molar refractivity (Wildman–Crippen MR) is 84.9 cm³/mol. The molecule has 0 saturated carbocycles. The number of benzene rings is 1. The molecule has 2 aromatic rings. The number of fused-ring (bicyclic) bond motifs is 1. The van der Waals surface area contributed by atoms with E-state index in [0.29, 0.717) is 6.04 Å². The summed E-state index contributed by atoms with van der Waals surface area (Å²) in [5.74, 6) is 0. The normalized spacial score (nSPS) is 20.6. The van der Waals surface area contributed by atoms with E-state index in [1.165, 1.54) is 48.9 Å². The maximum absolute atomic E-state index is 3.75. The van der Waals surface area contributed by atoms with Gasteiger partial charge in [-0.2, -0.15) is 0 Å². The molecule has 3 heteroatoms. The molecule has 1 fully saturated rings. The molecule has 1 aliphatic heterocycles. The molecule has 20 heavy (non-hydrogen) atoms. The minimum Gasteiger partial charge on any atom is -0.350 e. The first-order valence-corrected chi connectivity index (χ1v) is 7.76. The molecule has 0 amide bonds. The Morgan fingerprint density at radius 1 is 1.30 bits per heavy atom. The van der Waals surface area contributed by atoms with Crippen LogP contribution in [-0.2, 0) is 13.6 Å². The van der Waals surface area contributed by atoms with Crippen molar-refractivity contribution in [2.24, 2.45) is 7.05 Å². The molecule has 1 unspecified atom stereocenters. The Morgan fingerprint density at radius 3 is 3.00 bits per heavy atom. The van der Waals surface area contributed by atoms with Crippen molar-refractivity contribution in [1.29, 1.82) is 0 Å². The van der Waals surface area contributed by atoms with Crippen LogP contribution in [0.2, 0.25) is 0 Å². The quantitative estimate of drug-likeness (QED) is 0.922. The Balaban J connectivity index is 1.68. The zero-order valence-corrected chi connectivity index (χ0v) is 12.6. The first kappa shape index (κ1) is 13.7. The molecule has 3 rings (SSSR count). The highest BCUT2D eigenvalue weighted by Crippen LogP contribution is 2.20. The summed E-state index contributed by atoms with van der Waals surface area (Å²) < 4.78 is 2.23. The summed E-state index contributed by atoms with van der Waals surface area (Å²) in [6, 6.07) is 9.30. The van der Waals surface area contributed by atoms with E-state index in [0.717, 1.165) is 6.54 Å². The fourth-order valence-corrected chi connectivity index (χ4v) is 3.33. The van der Waals surface area contributed by atoms with Gasteiger partial charge in [0.2, 0.25) is 0 Å². The zero-order chi connectivity index (χ0) is 13.9. The van der Waals surface area contributed by atoms with Gasteiger partial charge >= 0.3 is 0 Å². The second kappa shape index (κ2) is 5.98. The SMILES string of the molecule is CCN1CCCC(NCc2cn(C)c3ccccc23)C1. The van der Waals surface area contributed by atoms with Crippen LogP contribution in [0.3, 0.4) is 0 Å². The van der Waals surface area contributed by atoms with Crippen LogP contribution in [0.4, 0.5) is 0 Å². The first-order chi connectivity index (χ1) is 9.78. The molecule has 0 bridgehead atoms. The predicted octanol–water partition coefficient (Wildman–Crippen LogP) is 2.75. The number of nitrogens with one attached hydrogen (secondary N) is 1. The molecule has 1 aliphatic rings. The highest BCUT2D eigenvalue weighted by molar-refractivity contribution is 5.83. The summed E-state index contributed by atoms with van der Waals surface area (Å²) in [6.45, 7) is 6.87. The van der Waals surface area contributed by atoms with E-state index in [1.807, 2.05) is 0 Å². The van der Waals surface area contributed by atoms with Crippen molar-refractivity contribution in [2.45, 2.75) is 32.4 Å². The molecule has 0 aliphatic carbocycles. The number of rotatable bonds is 4. The Bertz CT molecular complexity index is 573. The number of aryl methyl sites for hydroxylation is 1. The van der Waals surface area contributed by atoms with Crippen molar-refractivity contribution in [3.05, 3.63) is 36.0 Å². The summed E-state index contributed by atoms with van der Waals surface area (Å²) in [7, 11) is 2.13. The average Bonchev–Trinajstić information content (AvgIpc) is 2.82. The lowest BCUT2D eigenvalue weighted by atomic mass is 10.1. The van der Waals surface area contributed by atoms with Gasteiger partial charge in [0.15, 0.2) is 0 Å². The van der Waals surface area contributed by atoms with Crippen molar-refractivity contribution in [2.75, 3.05) is 19.6 Å². The fourth-order valence-electron chi connectivity index (χ4n) is 3.33. The fraction of sp³-hybridized carbons (Fsp3) is 0.529. The van der Waals surface area contributed by atoms with Crippen LogP contribution in [0.15, 0.2) is 30.5 Å². The van der Waals surface area contributed by atoms with E-state index in [2.05, 4.69) is 59.2 Å². The zero-order valence-electron chi connectivity index (χ0n) is 12.6. The van der Waals surface area contributed by atoms with Gasteiger partial charge in [-0.25, -0.2) is 0 Å². The van der Waals surface area contributed by atoms with Crippen LogP contribution in [0.25, 0.3) is 10.9 Å². The molecule has 1 saturated heterocycles. The molecule has 0 spiro atoms.